The van der Waals surface area contributed by atoms with E-state index in [0.717, 1.165) is 21.3 Å². The van der Waals surface area contributed by atoms with E-state index in [1.54, 1.807) is 36.4 Å². The number of hydrogen-bond donors (Lipinski definition) is 1. The highest BCUT2D eigenvalue weighted by Gasteiger charge is 2.10. The molecule has 3 aromatic rings. The van der Waals surface area contributed by atoms with Crippen molar-refractivity contribution in [1.82, 2.24) is 0 Å². The zero-order valence-corrected chi connectivity index (χ0v) is 18.8. The lowest BCUT2D eigenvalue weighted by Gasteiger charge is -2.12. The van der Waals surface area contributed by atoms with Crippen LogP contribution in [0.3, 0.4) is 0 Å². The molecule has 0 aliphatic rings. The van der Waals surface area contributed by atoms with E-state index >= 15 is 0 Å². The van der Waals surface area contributed by atoms with E-state index in [1.165, 1.54) is 13.2 Å². The molecule has 0 saturated heterocycles. The van der Waals surface area contributed by atoms with Gasteiger partial charge in [-0.1, -0.05) is 46.3 Å². The maximum absolute atomic E-state index is 12.3. The number of carbonyl (C=O) groups is 2. The average Bonchev–Trinajstić information content (AvgIpc) is 2.78. The zero-order chi connectivity index (χ0) is 22.2. The van der Waals surface area contributed by atoms with Crippen LogP contribution in [-0.4, -0.2) is 25.4 Å². The number of nitrogens with one attached hydrogen (secondary N) is 1. The summed E-state index contributed by atoms with van der Waals surface area (Å²) in [4.78, 5) is 24.5. The monoisotopic (exact) mass is 479 g/mol. The van der Waals surface area contributed by atoms with Crippen LogP contribution in [0.25, 0.3) is 6.08 Å². The molecule has 0 aliphatic carbocycles. The number of amides is 1. The SMILES string of the molecule is COc1cc(/C=C/C(=O)c2ccc(Br)cc2)ccc1OCC(=O)Nc1ccccc1C. The van der Waals surface area contributed by atoms with Crippen molar-refractivity contribution < 1.29 is 19.1 Å². The minimum atomic E-state index is -0.264. The number of hydrogen-bond acceptors (Lipinski definition) is 4. The van der Waals surface area contributed by atoms with Gasteiger partial charge >= 0.3 is 0 Å². The van der Waals surface area contributed by atoms with Crippen LogP contribution in [0.5, 0.6) is 11.5 Å². The van der Waals surface area contributed by atoms with Crippen LogP contribution in [0.15, 0.2) is 77.3 Å². The molecule has 0 saturated carbocycles. The lowest BCUT2D eigenvalue weighted by molar-refractivity contribution is -0.118. The molecule has 158 valence electrons. The van der Waals surface area contributed by atoms with Crippen molar-refractivity contribution in [2.24, 2.45) is 0 Å². The fourth-order valence-corrected chi connectivity index (χ4v) is 3.10. The molecule has 6 heteroatoms. The molecule has 0 spiro atoms. The second-order valence-electron chi connectivity index (χ2n) is 6.77. The van der Waals surface area contributed by atoms with Gasteiger partial charge in [-0.3, -0.25) is 9.59 Å². The molecule has 31 heavy (non-hydrogen) atoms. The van der Waals surface area contributed by atoms with Crippen LogP contribution in [0.2, 0.25) is 0 Å². The predicted molar refractivity (Wildman–Crippen MR) is 126 cm³/mol. The quantitative estimate of drug-likeness (QED) is 0.333. The molecule has 1 N–H and O–H groups in total. The first-order chi connectivity index (χ1) is 15.0. The van der Waals surface area contributed by atoms with Gasteiger partial charge in [0, 0.05) is 15.7 Å². The van der Waals surface area contributed by atoms with Crippen LogP contribution >= 0.6 is 15.9 Å². The smallest absolute Gasteiger partial charge is 0.262 e. The second-order valence-corrected chi connectivity index (χ2v) is 7.68. The van der Waals surface area contributed by atoms with Crippen LogP contribution in [-0.2, 0) is 4.79 Å². The first kappa shape index (κ1) is 22.3. The number of para-hydroxylation sites is 1. The number of ketones is 1. The standard InChI is InChI=1S/C25H22BrNO4/c1-17-5-3-4-6-21(17)27-25(29)16-31-23-14-8-18(15-24(23)30-2)7-13-22(28)19-9-11-20(26)12-10-19/h3-15H,16H2,1-2H3,(H,27,29)/b13-7+. The van der Waals surface area contributed by atoms with E-state index in [1.807, 2.05) is 43.3 Å². The molecule has 0 atom stereocenters. The summed E-state index contributed by atoms with van der Waals surface area (Å²) in [7, 11) is 1.52. The first-order valence-corrected chi connectivity index (χ1v) is 10.4. The molecule has 0 unspecified atom stereocenters. The Morgan fingerprint density at radius 3 is 2.45 bits per heavy atom. The normalized spacial score (nSPS) is 10.7. The lowest BCUT2D eigenvalue weighted by atomic mass is 10.1. The van der Waals surface area contributed by atoms with Gasteiger partial charge in [-0.25, -0.2) is 0 Å². The Morgan fingerprint density at radius 2 is 1.74 bits per heavy atom. The Bertz CT molecular complexity index is 1110. The highest BCUT2D eigenvalue weighted by Crippen LogP contribution is 2.28. The van der Waals surface area contributed by atoms with Crippen molar-refractivity contribution in [3.8, 4) is 11.5 Å². The number of ether oxygens (including phenoxy) is 2. The Hall–Kier alpha value is -3.38. The molecule has 0 aliphatic heterocycles. The Balaban J connectivity index is 1.62. The van der Waals surface area contributed by atoms with Gasteiger partial charge in [-0.2, -0.15) is 0 Å². The number of halogens is 1. The lowest BCUT2D eigenvalue weighted by Crippen LogP contribution is -2.20. The van der Waals surface area contributed by atoms with Crippen molar-refractivity contribution in [3.05, 3.63) is 94.0 Å². The summed E-state index contributed by atoms with van der Waals surface area (Å²) in [6, 6.07) is 20.0. The zero-order valence-electron chi connectivity index (χ0n) is 17.2. The third-order valence-electron chi connectivity index (χ3n) is 4.52. The highest BCUT2D eigenvalue weighted by atomic mass is 79.9. The molecule has 0 heterocycles. The summed E-state index contributed by atoms with van der Waals surface area (Å²) in [5, 5.41) is 2.82. The third-order valence-corrected chi connectivity index (χ3v) is 5.05. The summed E-state index contributed by atoms with van der Waals surface area (Å²) >= 11 is 3.35. The number of methoxy groups -OCH3 is 1. The summed E-state index contributed by atoms with van der Waals surface area (Å²) in [5.74, 6) is 0.556. The van der Waals surface area contributed by atoms with Crippen molar-refractivity contribution >= 4 is 39.4 Å². The van der Waals surface area contributed by atoms with Crippen LogP contribution in [0.4, 0.5) is 5.69 Å². The molecule has 0 bridgehead atoms. The van der Waals surface area contributed by atoms with Crippen LogP contribution in [0.1, 0.15) is 21.5 Å². The number of allylic oxidation sites excluding steroid dienone is 1. The van der Waals surface area contributed by atoms with Crippen LogP contribution < -0.4 is 14.8 Å². The molecule has 0 aromatic heterocycles. The molecule has 3 rings (SSSR count). The molecular weight excluding hydrogens is 458 g/mol. The van der Waals surface area contributed by atoms with Crippen molar-refractivity contribution in [1.29, 1.82) is 0 Å². The average molecular weight is 480 g/mol. The van der Waals surface area contributed by atoms with Crippen molar-refractivity contribution in [3.63, 3.8) is 0 Å². The van der Waals surface area contributed by atoms with E-state index in [0.29, 0.717) is 17.1 Å². The summed E-state index contributed by atoms with van der Waals surface area (Å²) < 4.78 is 11.9. The molecule has 5 nitrogen and oxygen atoms in total. The number of anilines is 1. The minimum absolute atomic E-state index is 0.0975. The number of benzene rings is 3. The van der Waals surface area contributed by atoms with Gasteiger partial charge in [0.15, 0.2) is 23.9 Å². The fraction of sp³-hybridized carbons (Fsp3) is 0.120. The Kier molecular flexibility index (Phi) is 7.62. The largest absolute Gasteiger partial charge is 0.493 e. The summed E-state index contributed by atoms with van der Waals surface area (Å²) in [5.41, 5.74) is 3.10. The van der Waals surface area contributed by atoms with E-state index in [4.69, 9.17) is 9.47 Å². The summed E-state index contributed by atoms with van der Waals surface area (Å²) in [6.45, 7) is 1.77. The highest BCUT2D eigenvalue weighted by molar-refractivity contribution is 9.10. The third kappa shape index (κ3) is 6.30. The topological polar surface area (TPSA) is 64.6 Å². The van der Waals surface area contributed by atoms with E-state index in [-0.39, 0.29) is 18.3 Å². The van der Waals surface area contributed by atoms with Gasteiger partial charge in [-0.05, 0) is 66.6 Å². The molecule has 0 fully saturated rings. The molecular formula is C25H22BrNO4. The van der Waals surface area contributed by atoms with E-state index < -0.39 is 0 Å². The molecule has 1 amide bonds. The van der Waals surface area contributed by atoms with Crippen molar-refractivity contribution in [2.75, 3.05) is 19.0 Å². The number of rotatable bonds is 8. The van der Waals surface area contributed by atoms with Crippen LogP contribution in [0, 0.1) is 6.92 Å². The van der Waals surface area contributed by atoms with Gasteiger partial charge in [0.2, 0.25) is 0 Å². The van der Waals surface area contributed by atoms with Gasteiger partial charge in [0.1, 0.15) is 0 Å². The van der Waals surface area contributed by atoms with Gasteiger partial charge in [-0.15, -0.1) is 0 Å². The number of carbonyl (C=O) groups excluding carboxylic acids is 2. The Labute approximate surface area is 189 Å². The van der Waals surface area contributed by atoms with E-state index in [2.05, 4.69) is 21.2 Å². The molecule has 3 aromatic carbocycles. The van der Waals surface area contributed by atoms with Gasteiger partial charge < -0.3 is 14.8 Å². The van der Waals surface area contributed by atoms with E-state index in [9.17, 15) is 9.59 Å². The summed E-state index contributed by atoms with van der Waals surface area (Å²) in [6.07, 6.45) is 3.22. The van der Waals surface area contributed by atoms with Gasteiger partial charge in [0.25, 0.3) is 5.91 Å². The molecule has 0 radical (unpaired) electrons. The minimum Gasteiger partial charge on any atom is -0.493 e. The fourth-order valence-electron chi connectivity index (χ4n) is 2.83. The second kappa shape index (κ2) is 10.6. The maximum Gasteiger partial charge on any atom is 0.262 e. The van der Waals surface area contributed by atoms with Crippen molar-refractivity contribution in [2.45, 2.75) is 6.92 Å². The predicted octanol–water partition coefficient (Wildman–Crippen LogP) is 5.68. The van der Waals surface area contributed by atoms with Gasteiger partial charge in [0.05, 0.1) is 7.11 Å². The first-order valence-electron chi connectivity index (χ1n) is 9.60. The Morgan fingerprint density at radius 1 is 1.00 bits per heavy atom. The maximum atomic E-state index is 12.3. The number of aryl methyl sites for hydroxylation is 1.